The van der Waals surface area contributed by atoms with Gasteiger partial charge in [0, 0.05) is 15.6 Å². The summed E-state index contributed by atoms with van der Waals surface area (Å²) in [5.41, 5.74) is 5.95. The van der Waals surface area contributed by atoms with Gasteiger partial charge in [-0.25, -0.2) is 0 Å². The van der Waals surface area contributed by atoms with E-state index in [0.29, 0.717) is 23.2 Å². The van der Waals surface area contributed by atoms with Crippen molar-refractivity contribution >= 4 is 74.6 Å². The first-order chi connectivity index (χ1) is 13.5. The maximum Gasteiger partial charge on any atom is 0.146 e. The van der Waals surface area contributed by atoms with Crippen molar-refractivity contribution in [3.63, 3.8) is 0 Å². The normalized spacial score (nSPS) is 11.0. The Balaban J connectivity index is 1.62. The highest BCUT2D eigenvalue weighted by molar-refractivity contribution is 14.1. The van der Waals surface area contributed by atoms with Crippen LogP contribution in [-0.4, -0.2) is 6.21 Å². The van der Waals surface area contributed by atoms with Crippen LogP contribution < -0.4 is 10.2 Å². The van der Waals surface area contributed by atoms with E-state index in [-0.39, 0.29) is 0 Å². The Morgan fingerprint density at radius 3 is 2.21 bits per heavy atom. The molecule has 0 saturated carbocycles. The van der Waals surface area contributed by atoms with E-state index in [4.69, 9.17) is 27.9 Å². The summed E-state index contributed by atoms with van der Waals surface area (Å²) in [6, 6.07) is 19.7. The quantitative estimate of drug-likeness (QED) is 0.174. The fraction of sp³-hybridized carbons (Fsp3) is 0.0952. The zero-order valence-electron chi connectivity index (χ0n) is 14.6. The molecular weight excluding hydrogens is 621 g/mol. The number of hydrogen-bond acceptors (Lipinski definition) is 3. The lowest BCUT2D eigenvalue weighted by Crippen LogP contribution is -2.07. The van der Waals surface area contributed by atoms with Gasteiger partial charge in [0.1, 0.15) is 12.4 Å². The molecule has 144 valence electrons. The second-order valence-corrected chi connectivity index (χ2v) is 9.02. The van der Waals surface area contributed by atoms with Crippen LogP contribution in [0.4, 0.5) is 0 Å². The number of nitrogens with one attached hydrogen (secondary N) is 1. The molecule has 0 aliphatic heterocycles. The minimum atomic E-state index is 0.460. The van der Waals surface area contributed by atoms with E-state index in [2.05, 4.69) is 67.8 Å². The van der Waals surface area contributed by atoms with Crippen molar-refractivity contribution in [1.29, 1.82) is 0 Å². The van der Waals surface area contributed by atoms with Crippen LogP contribution in [-0.2, 0) is 13.2 Å². The zero-order valence-corrected chi connectivity index (χ0v) is 20.5. The third-order valence-electron chi connectivity index (χ3n) is 3.87. The van der Waals surface area contributed by atoms with Gasteiger partial charge in [-0.1, -0.05) is 59.6 Å². The molecule has 0 atom stereocenters. The van der Waals surface area contributed by atoms with Gasteiger partial charge in [0.05, 0.1) is 19.9 Å². The molecule has 7 heteroatoms. The molecule has 0 aliphatic carbocycles. The van der Waals surface area contributed by atoms with E-state index < -0.39 is 0 Å². The van der Waals surface area contributed by atoms with Gasteiger partial charge in [-0.3, -0.25) is 0 Å². The number of hydrazone groups is 1. The lowest BCUT2D eigenvalue weighted by molar-refractivity contribution is 0.302. The van der Waals surface area contributed by atoms with Crippen molar-refractivity contribution in [1.82, 2.24) is 5.43 Å². The van der Waals surface area contributed by atoms with Crippen LogP contribution in [0.15, 0.2) is 65.8 Å². The highest BCUT2D eigenvalue weighted by Gasteiger charge is 2.09. The largest absolute Gasteiger partial charge is 0.487 e. The minimum Gasteiger partial charge on any atom is -0.487 e. The van der Waals surface area contributed by atoms with E-state index in [1.54, 1.807) is 6.21 Å². The fourth-order valence-corrected chi connectivity index (χ4v) is 5.13. The number of halogens is 4. The molecule has 0 unspecified atom stereocenters. The van der Waals surface area contributed by atoms with Crippen LogP contribution in [0.1, 0.15) is 16.7 Å². The predicted molar refractivity (Wildman–Crippen MR) is 134 cm³/mol. The van der Waals surface area contributed by atoms with Gasteiger partial charge in [0.2, 0.25) is 0 Å². The Kier molecular flexibility index (Phi) is 8.25. The van der Waals surface area contributed by atoms with Crippen molar-refractivity contribution < 1.29 is 4.74 Å². The lowest BCUT2D eigenvalue weighted by atomic mass is 10.2. The van der Waals surface area contributed by atoms with Gasteiger partial charge in [0.15, 0.2) is 0 Å². The summed E-state index contributed by atoms with van der Waals surface area (Å²) in [4.78, 5) is 0. The van der Waals surface area contributed by atoms with Crippen LogP contribution >= 0.6 is 68.4 Å². The summed E-state index contributed by atoms with van der Waals surface area (Å²) in [5.74, 6) is 0.887. The molecule has 28 heavy (non-hydrogen) atoms. The van der Waals surface area contributed by atoms with E-state index >= 15 is 0 Å². The second kappa shape index (κ2) is 10.7. The first-order valence-corrected chi connectivity index (χ1v) is 11.3. The summed E-state index contributed by atoms with van der Waals surface area (Å²) >= 11 is 16.9. The standard InChI is InChI=1S/C21H16Cl2I2N2O/c22-17-7-4-8-18(23)16(17)12-27-26-11-15-9-19(24)21(20(25)10-15)28-13-14-5-2-1-3-6-14/h1-11,27H,12-13H2/b26-11+. The molecule has 0 amide bonds. The SMILES string of the molecule is Clc1cccc(Cl)c1CN/N=C/c1cc(I)c(OCc2ccccc2)c(I)c1. The number of rotatable bonds is 7. The van der Waals surface area contributed by atoms with Crippen molar-refractivity contribution in [2.45, 2.75) is 13.2 Å². The van der Waals surface area contributed by atoms with Crippen LogP contribution in [0.25, 0.3) is 0 Å². The Hall–Kier alpha value is -1.03. The summed E-state index contributed by atoms with van der Waals surface area (Å²) in [6.45, 7) is 1.00. The van der Waals surface area contributed by atoms with Gasteiger partial charge in [-0.05, 0) is 80.6 Å². The van der Waals surface area contributed by atoms with Crippen molar-refractivity contribution in [2.24, 2.45) is 5.10 Å². The molecular formula is C21H16Cl2I2N2O. The molecule has 0 aliphatic rings. The van der Waals surface area contributed by atoms with Crippen LogP contribution in [0.3, 0.4) is 0 Å². The highest BCUT2D eigenvalue weighted by Crippen LogP contribution is 2.29. The number of ether oxygens (including phenoxy) is 1. The number of nitrogens with zero attached hydrogens (tertiary/aromatic N) is 1. The number of benzene rings is 3. The molecule has 3 rings (SSSR count). The monoisotopic (exact) mass is 636 g/mol. The van der Waals surface area contributed by atoms with Gasteiger partial charge >= 0.3 is 0 Å². The summed E-state index contributed by atoms with van der Waals surface area (Å²) in [5, 5.41) is 5.53. The predicted octanol–water partition coefficient (Wildman–Crippen LogP) is 6.91. The topological polar surface area (TPSA) is 33.6 Å². The molecule has 0 fully saturated rings. The van der Waals surface area contributed by atoms with E-state index in [1.165, 1.54) is 0 Å². The molecule has 0 heterocycles. The first kappa shape index (κ1) is 21.7. The van der Waals surface area contributed by atoms with Gasteiger partial charge < -0.3 is 10.2 Å². The molecule has 0 aromatic heterocycles. The summed E-state index contributed by atoms with van der Waals surface area (Å²) in [7, 11) is 0. The van der Waals surface area contributed by atoms with Crippen LogP contribution in [0.2, 0.25) is 10.0 Å². The minimum absolute atomic E-state index is 0.460. The van der Waals surface area contributed by atoms with Gasteiger partial charge in [-0.15, -0.1) is 0 Å². The Labute approximate surface area is 201 Å². The van der Waals surface area contributed by atoms with E-state index in [9.17, 15) is 0 Å². The lowest BCUT2D eigenvalue weighted by Gasteiger charge is -2.11. The van der Waals surface area contributed by atoms with Gasteiger partial charge in [-0.2, -0.15) is 5.10 Å². The van der Waals surface area contributed by atoms with E-state index in [0.717, 1.165) is 29.6 Å². The fourth-order valence-electron chi connectivity index (χ4n) is 2.47. The highest BCUT2D eigenvalue weighted by atomic mass is 127. The zero-order chi connectivity index (χ0) is 19.9. The van der Waals surface area contributed by atoms with E-state index in [1.807, 2.05) is 48.5 Å². The Bertz CT molecular complexity index is 938. The smallest absolute Gasteiger partial charge is 0.146 e. The number of hydrogen-bond donors (Lipinski definition) is 1. The molecule has 0 saturated heterocycles. The van der Waals surface area contributed by atoms with Crippen LogP contribution in [0, 0.1) is 7.14 Å². The summed E-state index contributed by atoms with van der Waals surface area (Å²) in [6.07, 6.45) is 1.77. The Morgan fingerprint density at radius 1 is 0.929 bits per heavy atom. The molecule has 0 spiro atoms. The average molecular weight is 637 g/mol. The van der Waals surface area contributed by atoms with Crippen molar-refractivity contribution in [3.8, 4) is 5.75 Å². The molecule has 3 aromatic rings. The third kappa shape index (κ3) is 5.98. The molecule has 1 N–H and O–H groups in total. The van der Waals surface area contributed by atoms with Crippen molar-refractivity contribution in [2.75, 3.05) is 0 Å². The van der Waals surface area contributed by atoms with Crippen molar-refractivity contribution in [3.05, 3.63) is 94.5 Å². The molecule has 3 nitrogen and oxygen atoms in total. The molecule has 0 radical (unpaired) electrons. The molecule has 3 aromatic carbocycles. The molecule has 0 bridgehead atoms. The first-order valence-electron chi connectivity index (χ1n) is 8.39. The summed E-state index contributed by atoms with van der Waals surface area (Å²) < 4.78 is 8.09. The maximum absolute atomic E-state index is 6.17. The maximum atomic E-state index is 6.17. The van der Waals surface area contributed by atoms with Gasteiger partial charge in [0.25, 0.3) is 0 Å². The van der Waals surface area contributed by atoms with Crippen LogP contribution in [0.5, 0.6) is 5.75 Å². The second-order valence-electron chi connectivity index (χ2n) is 5.88. The Morgan fingerprint density at radius 2 is 1.57 bits per heavy atom. The average Bonchev–Trinajstić information content (AvgIpc) is 2.67. The third-order valence-corrected chi connectivity index (χ3v) is 6.18.